The summed E-state index contributed by atoms with van der Waals surface area (Å²) in [5.41, 5.74) is 3.91. The average Bonchev–Trinajstić information content (AvgIpc) is 2.73. The molecule has 1 saturated heterocycles. The first kappa shape index (κ1) is 20.2. The SMILES string of the molecule is CC(C)N1CCN(c2ccc(C(=O)N(C)c3ccc(N(C)C)cc3)cc2)CC1. The fraction of sp³-hybridized carbons (Fsp3) is 0.435. The van der Waals surface area contributed by atoms with E-state index in [-0.39, 0.29) is 5.91 Å². The number of amides is 1. The molecule has 28 heavy (non-hydrogen) atoms. The quantitative estimate of drug-likeness (QED) is 0.793. The zero-order valence-corrected chi connectivity index (χ0v) is 17.7. The van der Waals surface area contributed by atoms with Gasteiger partial charge in [0.15, 0.2) is 0 Å². The summed E-state index contributed by atoms with van der Waals surface area (Å²) < 4.78 is 0. The molecule has 2 aromatic carbocycles. The molecule has 1 aliphatic heterocycles. The van der Waals surface area contributed by atoms with E-state index in [2.05, 4.69) is 35.8 Å². The third kappa shape index (κ3) is 4.47. The van der Waals surface area contributed by atoms with E-state index in [0.717, 1.165) is 37.6 Å². The predicted molar refractivity (Wildman–Crippen MR) is 119 cm³/mol. The Bertz CT molecular complexity index is 775. The molecule has 150 valence electrons. The van der Waals surface area contributed by atoms with E-state index in [1.54, 1.807) is 4.90 Å². The van der Waals surface area contributed by atoms with Crippen molar-refractivity contribution in [1.29, 1.82) is 0 Å². The molecule has 1 amide bonds. The van der Waals surface area contributed by atoms with Gasteiger partial charge in [0.1, 0.15) is 0 Å². The van der Waals surface area contributed by atoms with Crippen molar-refractivity contribution in [2.45, 2.75) is 19.9 Å². The molecule has 2 aromatic rings. The molecule has 5 nitrogen and oxygen atoms in total. The lowest BCUT2D eigenvalue weighted by Gasteiger charge is -2.38. The number of piperazine rings is 1. The van der Waals surface area contributed by atoms with Gasteiger partial charge in [0, 0.05) is 76.0 Å². The number of nitrogens with zero attached hydrogens (tertiary/aromatic N) is 4. The molecule has 1 aliphatic rings. The average molecular weight is 381 g/mol. The van der Waals surface area contributed by atoms with Gasteiger partial charge in [0.2, 0.25) is 0 Å². The normalized spacial score (nSPS) is 15.0. The molecule has 1 fully saturated rings. The lowest BCUT2D eigenvalue weighted by atomic mass is 10.1. The van der Waals surface area contributed by atoms with Gasteiger partial charge in [-0.3, -0.25) is 9.69 Å². The molecule has 0 N–H and O–H groups in total. The van der Waals surface area contributed by atoms with Gasteiger partial charge in [-0.1, -0.05) is 0 Å². The fourth-order valence-corrected chi connectivity index (χ4v) is 3.60. The highest BCUT2D eigenvalue weighted by Crippen LogP contribution is 2.22. The number of rotatable bonds is 5. The van der Waals surface area contributed by atoms with Crippen molar-refractivity contribution in [2.24, 2.45) is 0 Å². The number of carbonyl (C=O) groups excluding carboxylic acids is 1. The molecule has 0 spiro atoms. The van der Waals surface area contributed by atoms with Crippen molar-refractivity contribution in [2.75, 3.05) is 62.0 Å². The molecule has 3 rings (SSSR count). The molecule has 0 saturated carbocycles. The van der Waals surface area contributed by atoms with Gasteiger partial charge in [-0.2, -0.15) is 0 Å². The van der Waals surface area contributed by atoms with Gasteiger partial charge in [-0.15, -0.1) is 0 Å². The summed E-state index contributed by atoms with van der Waals surface area (Å²) in [6.45, 7) is 8.74. The van der Waals surface area contributed by atoms with Crippen LogP contribution in [0.25, 0.3) is 0 Å². The maximum absolute atomic E-state index is 12.9. The minimum Gasteiger partial charge on any atom is -0.378 e. The van der Waals surface area contributed by atoms with Crippen molar-refractivity contribution in [1.82, 2.24) is 4.90 Å². The van der Waals surface area contributed by atoms with Crippen LogP contribution in [0.4, 0.5) is 17.1 Å². The minimum atomic E-state index is 0.00813. The second-order valence-electron chi connectivity index (χ2n) is 7.94. The molecule has 5 heteroatoms. The predicted octanol–water partition coefficient (Wildman–Crippen LogP) is 3.56. The van der Waals surface area contributed by atoms with Crippen molar-refractivity contribution in [3.8, 4) is 0 Å². The minimum absolute atomic E-state index is 0.00813. The highest BCUT2D eigenvalue weighted by atomic mass is 16.2. The molecule has 0 aromatic heterocycles. The highest BCUT2D eigenvalue weighted by molar-refractivity contribution is 6.06. The zero-order chi connectivity index (χ0) is 20.3. The summed E-state index contributed by atoms with van der Waals surface area (Å²) in [6.07, 6.45) is 0. The Morgan fingerprint density at radius 2 is 1.36 bits per heavy atom. The van der Waals surface area contributed by atoms with E-state index in [9.17, 15) is 4.79 Å². The maximum atomic E-state index is 12.9. The number of hydrogen-bond acceptors (Lipinski definition) is 4. The summed E-state index contributed by atoms with van der Waals surface area (Å²) in [4.78, 5) is 21.5. The lowest BCUT2D eigenvalue weighted by molar-refractivity contribution is 0.0993. The molecule has 0 unspecified atom stereocenters. The summed E-state index contributed by atoms with van der Waals surface area (Å²) >= 11 is 0. The molecule has 0 atom stereocenters. The van der Waals surface area contributed by atoms with Crippen LogP contribution < -0.4 is 14.7 Å². The molecular formula is C23H32N4O. The summed E-state index contributed by atoms with van der Waals surface area (Å²) in [5, 5.41) is 0. The Hall–Kier alpha value is -2.53. The van der Waals surface area contributed by atoms with Crippen LogP contribution in [0.1, 0.15) is 24.2 Å². The largest absolute Gasteiger partial charge is 0.378 e. The van der Waals surface area contributed by atoms with E-state index in [1.165, 1.54) is 5.69 Å². The summed E-state index contributed by atoms with van der Waals surface area (Å²) in [7, 11) is 5.84. The van der Waals surface area contributed by atoms with Gasteiger partial charge in [-0.25, -0.2) is 0 Å². The first-order chi connectivity index (χ1) is 13.4. The maximum Gasteiger partial charge on any atom is 0.258 e. The Morgan fingerprint density at radius 3 is 1.86 bits per heavy atom. The van der Waals surface area contributed by atoms with Crippen LogP contribution in [0, 0.1) is 0 Å². The van der Waals surface area contributed by atoms with Gasteiger partial charge < -0.3 is 14.7 Å². The Balaban J connectivity index is 1.65. The topological polar surface area (TPSA) is 30.0 Å². The summed E-state index contributed by atoms with van der Waals surface area (Å²) in [5.74, 6) is 0.00813. The standard InChI is InChI=1S/C23H32N4O/c1-18(2)26-14-16-27(17-15-26)22-8-6-19(7-9-22)23(28)25(5)21-12-10-20(11-13-21)24(3)4/h6-13,18H,14-17H2,1-5H3. The van der Waals surface area contributed by atoms with E-state index in [1.807, 2.05) is 62.4 Å². The van der Waals surface area contributed by atoms with Gasteiger partial charge in [0.05, 0.1) is 0 Å². The van der Waals surface area contributed by atoms with E-state index < -0.39 is 0 Å². The Morgan fingerprint density at radius 1 is 0.821 bits per heavy atom. The number of benzene rings is 2. The van der Waals surface area contributed by atoms with E-state index in [0.29, 0.717) is 11.6 Å². The van der Waals surface area contributed by atoms with Gasteiger partial charge in [-0.05, 0) is 62.4 Å². The highest BCUT2D eigenvalue weighted by Gasteiger charge is 2.20. The van der Waals surface area contributed by atoms with Crippen LogP contribution in [-0.4, -0.2) is 64.2 Å². The second-order valence-corrected chi connectivity index (χ2v) is 7.94. The van der Waals surface area contributed by atoms with Crippen LogP contribution in [0.3, 0.4) is 0 Å². The molecule has 1 heterocycles. The molecular weight excluding hydrogens is 348 g/mol. The van der Waals surface area contributed by atoms with Crippen molar-refractivity contribution < 1.29 is 4.79 Å². The number of carbonyl (C=O) groups is 1. The van der Waals surface area contributed by atoms with Crippen LogP contribution in [0.15, 0.2) is 48.5 Å². The zero-order valence-electron chi connectivity index (χ0n) is 17.7. The summed E-state index contributed by atoms with van der Waals surface area (Å²) in [6, 6.07) is 16.6. The van der Waals surface area contributed by atoms with Crippen LogP contribution in [0.2, 0.25) is 0 Å². The van der Waals surface area contributed by atoms with Crippen LogP contribution in [0.5, 0.6) is 0 Å². The molecule has 0 radical (unpaired) electrons. The van der Waals surface area contributed by atoms with Gasteiger partial charge >= 0.3 is 0 Å². The lowest BCUT2D eigenvalue weighted by Crippen LogP contribution is -2.48. The monoisotopic (exact) mass is 380 g/mol. The van der Waals surface area contributed by atoms with E-state index >= 15 is 0 Å². The Labute approximate surface area is 169 Å². The first-order valence-corrected chi connectivity index (χ1v) is 10.0. The molecule has 0 aliphatic carbocycles. The van der Waals surface area contributed by atoms with E-state index in [4.69, 9.17) is 0 Å². The van der Waals surface area contributed by atoms with Crippen molar-refractivity contribution in [3.63, 3.8) is 0 Å². The fourth-order valence-electron chi connectivity index (χ4n) is 3.60. The number of hydrogen-bond donors (Lipinski definition) is 0. The third-order valence-corrected chi connectivity index (χ3v) is 5.58. The Kier molecular flexibility index (Phi) is 6.25. The number of anilines is 3. The second kappa shape index (κ2) is 8.65. The van der Waals surface area contributed by atoms with Crippen LogP contribution in [-0.2, 0) is 0 Å². The first-order valence-electron chi connectivity index (χ1n) is 10.0. The van der Waals surface area contributed by atoms with Crippen molar-refractivity contribution in [3.05, 3.63) is 54.1 Å². The van der Waals surface area contributed by atoms with Crippen LogP contribution >= 0.6 is 0 Å². The van der Waals surface area contributed by atoms with Crippen molar-refractivity contribution >= 4 is 23.0 Å². The van der Waals surface area contributed by atoms with Gasteiger partial charge in [0.25, 0.3) is 5.91 Å². The smallest absolute Gasteiger partial charge is 0.258 e. The third-order valence-electron chi connectivity index (χ3n) is 5.58. The molecule has 0 bridgehead atoms.